The Hall–Kier alpha value is -0.990. The molecule has 13 heavy (non-hydrogen) atoms. The van der Waals surface area contributed by atoms with Crippen molar-refractivity contribution in [2.45, 2.75) is 6.54 Å². The van der Waals surface area contributed by atoms with Crippen LogP contribution in [0.25, 0.3) is 10.9 Å². The van der Waals surface area contributed by atoms with E-state index in [0.29, 0.717) is 6.54 Å². The lowest BCUT2D eigenvalue weighted by Gasteiger charge is -1.97. The van der Waals surface area contributed by atoms with Crippen molar-refractivity contribution >= 4 is 22.5 Å². The van der Waals surface area contributed by atoms with Crippen molar-refractivity contribution in [3.05, 3.63) is 35.0 Å². The van der Waals surface area contributed by atoms with Crippen LogP contribution in [0.4, 0.5) is 0 Å². The quantitative estimate of drug-likeness (QED) is 0.742. The predicted molar refractivity (Wildman–Crippen MR) is 55.8 cm³/mol. The van der Waals surface area contributed by atoms with Crippen LogP contribution in [-0.4, -0.2) is 4.57 Å². The first kappa shape index (κ1) is 8.60. The second-order valence-electron chi connectivity index (χ2n) is 3.10. The van der Waals surface area contributed by atoms with Gasteiger partial charge >= 0.3 is 0 Å². The van der Waals surface area contributed by atoms with Gasteiger partial charge in [-0.05, 0) is 17.7 Å². The number of rotatable bonds is 1. The first-order valence-corrected chi connectivity index (χ1v) is 4.54. The normalized spacial score (nSPS) is 11.0. The van der Waals surface area contributed by atoms with Gasteiger partial charge in [-0.15, -0.1) is 0 Å². The number of nitrogens with two attached hydrogens (primary N) is 1. The maximum absolute atomic E-state index is 6.09. The van der Waals surface area contributed by atoms with Gasteiger partial charge in [0.2, 0.25) is 0 Å². The van der Waals surface area contributed by atoms with Crippen LogP contribution in [0.1, 0.15) is 5.56 Å². The van der Waals surface area contributed by atoms with Crippen molar-refractivity contribution in [3.63, 3.8) is 0 Å². The first-order valence-electron chi connectivity index (χ1n) is 4.16. The Kier molecular flexibility index (Phi) is 2.02. The fourth-order valence-electron chi connectivity index (χ4n) is 1.65. The highest BCUT2D eigenvalue weighted by atomic mass is 35.5. The lowest BCUT2D eigenvalue weighted by Crippen LogP contribution is -1.94. The highest BCUT2D eigenvalue weighted by Gasteiger charge is 2.07. The Morgan fingerprint density at radius 3 is 2.92 bits per heavy atom. The molecule has 0 aliphatic heterocycles. The predicted octanol–water partition coefficient (Wildman–Crippen LogP) is 2.29. The van der Waals surface area contributed by atoms with E-state index in [4.69, 9.17) is 17.3 Å². The molecule has 2 rings (SSSR count). The lowest BCUT2D eigenvalue weighted by molar-refractivity contribution is 0.949. The van der Waals surface area contributed by atoms with E-state index in [1.807, 2.05) is 36.0 Å². The van der Waals surface area contributed by atoms with E-state index in [-0.39, 0.29) is 0 Å². The number of nitrogens with zero attached hydrogens (tertiary/aromatic N) is 1. The van der Waals surface area contributed by atoms with Crippen molar-refractivity contribution in [1.29, 1.82) is 0 Å². The molecule has 3 heteroatoms. The van der Waals surface area contributed by atoms with Crippen LogP contribution < -0.4 is 5.73 Å². The summed E-state index contributed by atoms with van der Waals surface area (Å²) in [5.74, 6) is 0. The van der Waals surface area contributed by atoms with Crippen molar-refractivity contribution in [1.82, 2.24) is 4.57 Å². The third-order valence-electron chi connectivity index (χ3n) is 2.26. The molecular weight excluding hydrogens is 184 g/mol. The summed E-state index contributed by atoms with van der Waals surface area (Å²) in [6.07, 6.45) is 2.02. The monoisotopic (exact) mass is 194 g/mol. The molecule has 0 aliphatic carbocycles. The summed E-state index contributed by atoms with van der Waals surface area (Å²) >= 11 is 6.09. The van der Waals surface area contributed by atoms with Crippen LogP contribution in [0.15, 0.2) is 24.4 Å². The number of hydrogen-bond acceptors (Lipinski definition) is 1. The van der Waals surface area contributed by atoms with E-state index in [9.17, 15) is 0 Å². The zero-order valence-corrected chi connectivity index (χ0v) is 8.17. The summed E-state index contributed by atoms with van der Waals surface area (Å²) in [5, 5.41) is 1.85. The third-order valence-corrected chi connectivity index (χ3v) is 2.58. The topological polar surface area (TPSA) is 30.9 Å². The number of hydrogen-bond donors (Lipinski definition) is 1. The minimum atomic E-state index is 0.529. The Labute approximate surface area is 81.9 Å². The minimum Gasteiger partial charge on any atom is -0.350 e. The van der Waals surface area contributed by atoms with E-state index in [2.05, 4.69) is 0 Å². The highest BCUT2D eigenvalue weighted by Crippen LogP contribution is 2.27. The molecule has 2 aromatic rings. The molecule has 0 saturated carbocycles. The molecular formula is C10H11ClN2. The fourth-order valence-corrected chi connectivity index (χ4v) is 1.94. The molecule has 0 saturated heterocycles. The molecule has 1 aromatic carbocycles. The van der Waals surface area contributed by atoms with Gasteiger partial charge in [0.25, 0.3) is 0 Å². The Morgan fingerprint density at radius 1 is 1.46 bits per heavy atom. The molecule has 1 aromatic heterocycles. The number of benzene rings is 1. The molecule has 2 N–H and O–H groups in total. The molecule has 0 unspecified atom stereocenters. The van der Waals surface area contributed by atoms with Crippen molar-refractivity contribution < 1.29 is 0 Å². The summed E-state index contributed by atoms with van der Waals surface area (Å²) in [4.78, 5) is 0. The molecule has 0 aliphatic rings. The first-order chi connectivity index (χ1) is 6.24. The Bertz CT molecular complexity index is 445. The van der Waals surface area contributed by atoms with E-state index in [1.165, 1.54) is 0 Å². The van der Waals surface area contributed by atoms with Crippen LogP contribution in [0.3, 0.4) is 0 Å². The Morgan fingerprint density at radius 2 is 2.23 bits per heavy atom. The second kappa shape index (κ2) is 3.05. The molecule has 0 atom stereocenters. The Balaban J connectivity index is 2.89. The van der Waals surface area contributed by atoms with Gasteiger partial charge in [0, 0.05) is 30.7 Å². The van der Waals surface area contributed by atoms with Gasteiger partial charge in [0.15, 0.2) is 0 Å². The summed E-state index contributed by atoms with van der Waals surface area (Å²) in [7, 11) is 2.00. The fraction of sp³-hybridized carbons (Fsp3) is 0.200. The summed E-state index contributed by atoms with van der Waals surface area (Å²) in [6, 6.07) is 5.88. The van der Waals surface area contributed by atoms with Gasteiger partial charge in [-0.3, -0.25) is 0 Å². The van der Waals surface area contributed by atoms with Crippen molar-refractivity contribution in [3.8, 4) is 0 Å². The molecule has 0 bridgehead atoms. The number of halogens is 1. The smallest absolute Gasteiger partial charge is 0.0503 e. The van der Waals surface area contributed by atoms with Crippen molar-refractivity contribution in [2.75, 3.05) is 0 Å². The van der Waals surface area contributed by atoms with E-state index in [1.54, 1.807) is 0 Å². The maximum Gasteiger partial charge on any atom is 0.0503 e. The zero-order chi connectivity index (χ0) is 9.42. The van der Waals surface area contributed by atoms with Crippen molar-refractivity contribution in [2.24, 2.45) is 12.8 Å². The summed E-state index contributed by atoms with van der Waals surface area (Å²) in [6.45, 7) is 0.529. The number of aromatic nitrogens is 1. The van der Waals surface area contributed by atoms with E-state index < -0.39 is 0 Å². The molecule has 2 nitrogen and oxygen atoms in total. The van der Waals surface area contributed by atoms with Crippen LogP contribution >= 0.6 is 11.6 Å². The van der Waals surface area contributed by atoms with E-state index >= 15 is 0 Å². The number of aryl methyl sites for hydroxylation is 1. The average molecular weight is 195 g/mol. The van der Waals surface area contributed by atoms with Gasteiger partial charge in [-0.2, -0.15) is 0 Å². The number of fused-ring (bicyclic) bond motifs is 1. The van der Waals surface area contributed by atoms with Crippen LogP contribution in [-0.2, 0) is 13.6 Å². The summed E-state index contributed by atoms with van der Waals surface area (Å²) < 4.78 is 2.05. The van der Waals surface area contributed by atoms with Gasteiger partial charge in [-0.1, -0.05) is 17.7 Å². The van der Waals surface area contributed by atoms with Gasteiger partial charge < -0.3 is 10.3 Å². The molecule has 0 radical (unpaired) electrons. The highest BCUT2D eigenvalue weighted by molar-refractivity contribution is 6.35. The lowest BCUT2D eigenvalue weighted by atomic mass is 10.2. The molecule has 1 heterocycles. The van der Waals surface area contributed by atoms with Gasteiger partial charge in [0.1, 0.15) is 0 Å². The maximum atomic E-state index is 6.09. The minimum absolute atomic E-state index is 0.529. The van der Waals surface area contributed by atoms with Gasteiger partial charge in [0.05, 0.1) is 5.02 Å². The molecule has 0 amide bonds. The second-order valence-corrected chi connectivity index (χ2v) is 3.51. The largest absolute Gasteiger partial charge is 0.350 e. The van der Waals surface area contributed by atoms with Crippen LogP contribution in [0.5, 0.6) is 0 Å². The van der Waals surface area contributed by atoms with Crippen LogP contribution in [0, 0.1) is 0 Å². The van der Waals surface area contributed by atoms with E-state index in [0.717, 1.165) is 21.5 Å². The average Bonchev–Trinajstić information content (AvgIpc) is 2.45. The standard InChI is InChI=1S/C10H11ClN2/c1-13-6-7(5-12)10-8(11)3-2-4-9(10)13/h2-4,6H,5,12H2,1H3. The zero-order valence-electron chi connectivity index (χ0n) is 7.42. The molecule has 68 valence electrons. The van der Waals surface area contributed by atoms with Gasteiger partial charge in [-0.25, -0.2) is 0 Å². The SMILES string of the molecule is Cn1cc(CN)c2c(Cl)cccc21. The van der Waals surface area contributed by atoms with Crippen LogP contribution in [0.2, 0.25) is 5.02 Å². The molecule has 0 spiro atoms. The summed E-state index contributed by atoms with van der Waals surface area (Å²) in [5.41, 5.74) is 7.86. The third kappa shape index (κ3) is 1.23. The molecule has 0 fully saturated rings.